The Bertz CT molecular complexity index is 779. The summed E-state index contributed by atoms with van der Waals surface area (Å²) in [6.45, 7) is 5.61. The molecule has 0 saturated heterocycles. The van der Waals surface area contributed by atoms with E-state index in [4.69, 9.17) is 16.3 Å². The third kappa shape index (κ3) is 6.11. The van der Waals surface area contributed by atoms with Gasteiger partial charge in [-0.1, -0.05) is 23.7 Å². The molecular formula is C19H20ClNO3S. The Kier molecular flexibility index (Phi) is 6.91. The van der Waals surface area contributed by atoms with Crippen molar-refractivity contribution < 1.29 is 14.3 Å². The van der Waals surface area contributed by atoms with Crippen LogP contribution in [0.25, 0.3) is 0 Å². The van der Waals surface area contributed by atoms with Crippen LogP contribution in [0, 0.1) is 13.8 Å². The number of anilines is 1. The number of halogens is 1. The lowest BCUT2D eigenvalue weighted by atomic mass is 10.1. The van der Waals surface area contributed by atoms with Crippen LogP contribution in [0.4, 0.5) is 5.69 Å². The molecular weight excluding hydrogens is 358 g/mol. The number of hydrogen-bond donors (Lipinski definition) is 1. The third-order valence-electron chi connectivity index (χ3n) is 3.60. The van der Waals surface area contributed by atoms with Crippen molar-refractivity contribution in [2.75, 3.05) is 11.1 Å². The zero-order valence-electron chi connectivity index (χ0n) is 14.3. The highest BCUT2D eigenvalue weighted by molar-refractivity contribution is 8.00. The smallest absolute Gasteiger partial charge is 0.317 e. The number of carbonyl (C=O) groups is 2. The van der Waals surface area contributed by atoms with Crippen molar-refractivity contribution in [3.8, 4) is 0 Å². The standard InChI is InChI=1S/C19H20ClNO3S/c1-12-7-8-17(9-13(12)2)25-11-18(22)24-14(3)19(23)21-16-6-4-5-15(20)10-16/h4-10,14H,11H2,1-3H3,(H,21,23)/t14-/m1/s1. The van der Waals surface area contributed by atoms with E-state index >= 15 is 0 Å². The van der Waals surface area contributed by atoms with Gasteiger partial charge in [0.2, 0.25) is 0 Å². The zero-order chi connectivity index (χ0) is 18.4. The SMILES string of the molecule is Cc1ccc(SCC(=O)O[C@H](C)C(=O)Nc2cccc(Cl)c2)cc1C. The van der Waals surface area contributed by atoms with Crippen molar-refractivity contribution in [2.45, 2.75) is 31.8 Å². The molecule has 2 aromatic carbocycles. The summed E-state index contributed by atoms with van der Waals surface area (Å²) < 4.78 is 5.19. The Balaban J connectivity index is 1.82. The first-order valence-corrected chi connectivity index (χ1v) is 9.17. The number of ether oxygens (including phenoxy) is 1. The maximum atomic E-state index is 12.1. The van der Waals surface area contributed by atoms with Crippen LogP contribution in [-0.4, -0.2) is 23.7 Å². The number of nitrogens with one attached hydrogen (secondary N) is 1. The highest BCUT2D eigenvalue weighted by atomic mass is 35.5. The molecule has 0 aliphatic carbocycles. The van der Waals surface area contributed by atoms with Crippen molar-refractivity contribution in [3.63, 3.8) is 0 Å². The van der Waals surface area contributed by atoms with E-state index in [1.807, 2.05) is 32.0 Å². The van der Waals surface area contributed by atoms with E-state index in [0.29, 0.717) is 10.7 Å². The molecule has 0 heterocycles. The Morgan fingerprint density at radius 2 is 1.92 bits per heavy atom. The molecule has 0 aromatic heterocycles. The summed E-state index contributed by atoms with van der Waals surface area (Å²) in [4.78, 5) is 25.0. The average Bonchev–Trinajstić information content (AvgIpc) is 2.56. The number of aryl methyl sites for hydroxylation is 2. The van der Waals surface area contributed by atoms with Crippen LogP contribution < -0.4 is 5.32 Å². The van der Waals surface area contributed by atoms with Gasteiger partial charge in [-0.15, -0.1) is 11.8 Å². The van der Waals surface area contributed by atoms with Crippen molar-refractivity contribution in [1.82, 2.24) is 0 Å². The normalized spacial score (nSPS) is 11.7. The van der Waals surface area contributed by atoms with Crippen molar-refractivity contribution in [2.24, 2.45) is 0 Å². The molecule has 2 rings (SSSR count). The van der Waals surface area contributed by atoms with E-state index in [-0.39, 0.29) is 5.75 Å². The fraction of sp³-hybridized carbons (Fsp3) is 0.263. The number of thioether (sulfide) groups is 1. The Morgan fingerprint density at radius 1 is 1.16 bits per heavy atom. The van der Waals surface area contributed by atoms with E-state index in [1.165, 1.54) is 22.9 Å². The van der Waals surface area contributed by atoms with E-state index in [0.717, 1.165) is 4.90 Å². The molecule has 4 nitrogen and oxygen atoms in total. The van der Waals surface area contributed by atoms with Crippen molar-refractivity contribution in [3.05, 3.63) is 58.6 Å². The maximum absolute atomic E-state index is 12.1. The lowest BCUT2D eigenvalue weighted by Gasteiger charge is -2.13. The summed E-state index contributed by atoms with van der Waals surface area (Å²) in [6.07, 6.45) is -0.883. The second-order valence-electron chi connectivity index (χ2n) is 5.67. The minimum absolute atomic E-state index is 0.150. The fourth-order valence-corrected chi connectivity index (χ4v) is 3.01. The topological polar surface area (TPSA) is 55.4 Å². The largest absolute Gasteiger partial charge is 0.452 e. The summed E-state index contributed by atoms with van der Waals surface area (Å²) in [5, 5.41) is 3.19. The van der Waals surface area contributed by atoms with Gasteiger partial charge in [0.05, 0.1) is 5.75 Å². The summed E-state index contributed by atoms with van der Waals surface area (Å²) in [5.74, 6) is -0.680. The first kappa shape index (κ1) is 19.3. The molecule has 0 unspecified atom stereocenters. The number of amides is 1. The van der Waals surface area contributed by atoms with Gasteiger partial charge in [0, 0.05) is 15.6 Å². The van der Waals surface area contributed by atoms with Crippen molar-refractivity contribution >= 4 is 40.9 Å². The molecule has 0 aliphatic rings. The second-order valence-corrected chi connectivity index (χ2v) is 7.15. The van der Waals surface area contributed by atoms with Crippen LogP contribution >= 0.6 is 23.4 Å². The van der Waals surface area contributed by atoms with Gasteiger partial charge in [-0.2, -0.15) is 0 Å². The number of rotatable bonds is 6. The van der Waals surface area contributed by atoms with E-state index < -0.39 is 18.0 Å². The predicted molar refractivity (Wildman–Crippen MR) is 102 cm³/mol. The summed E-state index contributed by atoms with van der Waals surface area (Å²) in [6, 6.07) is 12.8. The lowest BCUT2D eigenvalue weighted by Crippen LogP contribution is -2.30. The predicted octanol–water partition coefficient (Wildman–Crippen LogP) is 4.62. The minimum atomic E-state index is -0.883. The van der Waals surface area contributed by atoms with Gasteiger partial charge in [-0.05, 0) is 62.2 Å². The molecule has 2 aromatic rings. The van der Waals surface area contributed by atoms with Crippen molar-refractivity contribution in [1.29, 1.82) is 0 Å². The molecule has 0 saturated carbocycles. The molecule has 0 fully saturated rings. The zero-order valence-corrected chi connectivity index (χ0v) is 15.9. The average molecular weight is 378 g/mol. The van der Waals surface area contributed by atoms with Crippen LogP contribution in [0.3, 0.4) is 0 Å². The monoisotopic (exact) mass is 377 g/mol. The summed E-state index contributed by atoms with van der Waals surface area (Å²) in [7, 11) is 0. The Morgan fingerprint density at radius 3 is 2.60 bits per heavy atom. The number of esters is 1. The minimum Gasteiger partial charge on any atom is -0.452 e. The van der Waals surface area contributed by atoms with E-state index in [1.54, 1.807) is 31.2 Å². The molecule has 6 heteroatoms. The maximum Gasteiger partial charge on any atom is 0.317 e. The van der Waals surface area contributed by atoms with Gasteiger partial charge in [0.15, 0.2) is 6.10 Å². The highest BCUT2D eigenvalue weighted by Crippen LogP contribution is 2.21. The Hall–Kier alpha value is -1.98. The fourth-order valence-electron chi connectivity index (χ4n) is 2.04. The van der Waals surface area contributed by atoms with E-state index in [2.05, 4.69) is 5.32 Å². The number of carbonyl (C=O) groups excluding carboxylic acids is 2. The molecule has 132 valence electrons. The van der Waals surface area contributed by atoms with Gasteiger partial charge in [-0.25, -0.2) is 0 Å². The van der Waals surface area contributed by atoms with Crippen LogP contribution in [0.15, 0.2) is 47.4 Å². The molecule has 25 heavy (non-hydrogen) atoms. The van der Waals surface area contributed by atoms with Crippen LogP contribution in [0.2, 0.25) is 5.02 Å². The highest BCUT2D eigenvalue weighted by Gasteiger charge is 2.18. The lowest BCUT2D eigenvalue weighted by molar-refractivity contribution is -0.150. The first-order valence-electron chi connectivity index (χ1n) is 7.81. The second kappa shape index (κ2) is 8.92. The summed E-state index contributed by atoms with van der Waals surface area (Å²) >= 11 is 7.26. The van der Waals surface area contributed by atoms with Gasteiger partial charge in [0.1, 0.15) is 0 Å². The number of hydrogen-bond acceptors (Lipinski definition) is 4. The van der Waals surface area contributed by atoms with Crippen LogP contribution in [0.1, 0.15) is 18.1 Å². The van der Waals surface area contributed by atoms with Gasteiger partial charge in [-0.3, -0.25) is 9.59 Å². The van der Waals surface area contributed by atoms with Crippen LogP contribution in [-0.2, 0) is 14.3 Å². The van der Waals surface area contributed by atoms with Gasteiger partial charge in [0.25, 0.3) is 5.91 Å². The molecule has 0 aliphatic heterocycles. The molecule has 0 bridgehead atoms. The summed E-state index contributed by atoms with van der Waals surface area (Å²) in [5.41, 5.74) is 2.94. The van der Waals surface area contributed by atoms with E-state index in [9.17, 15) is 9.59 Å². The van der Waals surface area contributed by atoms with Gasteiger partial charge >= 0.3 is 5.97 Å². The third-order valence-corrected chi connectivity index (χ3v) is 4.81. The molecule has 0 spiro atoms. The molecule has 1 atom stereocenters. The first-order chi connectivity index (χ1) is 11.8. The molecule has 1 N–H and O–H groups in total. The van der Waals surface area contributed by atoms with Gasteiger partial charge < -0.3 is 10.1 Å². The molecule has 1 amide bonds. The number of benzene rings is 2. The molecule has 0 radical (unpaired) electrons. The Labute approximate surface area is 156 Å². The van der Waals surface area contributed by atoms with Crippen LogP contribution in [0.5, 0.6) is 0 Å². The quantitative estimate of drug-likeness (QED) is 0.589.